The Bertz CT molecular complexity index is 2220. The number of benzene rings is 4. The van der Waals surface area contributed by atoms with Gasteiger partial charge < -0.3 is 13.7 Å². The molecule has 4 aromatic carbocycles. The van der Waals surface area contributed by atoms with Crippen molar-refractivity contribution in [3.05, 3.63) is 90.7 Å². The molecule has 4 heteroatoms. The van der Waals surface area contributed by atoms with Crippen molar-refractivity contribution in [1.82, 2.24) is 0 Å². The molecule has 0 saturated carbocycles. The summed E-state index contributed by atoms with van der Waals surface area (Å²) >= 11 is 0. The Hall–Kier alpha value is -3.34. The lowest BCUT2D eigenvalue weighted by atomic mass is 9.79. The molecule has 1 saturated heterocycles. The van der Waals surface area contributed by atoms with Crippen LogP contribution in [-0.4, -0.2) is 18.3 Å². The Morgan fingerprint density at radius 1 is 0.647 bits per heavy atom. The minimum atomic E-state index is -1.20. The predicted molar refractivity (Wildman–Crippen MR) is 140 cm³/mol. The highest BCUT2D eigenvalue weighted by Gasteiger charge is 2.51. The van der Waals surface area contributed by atoms with E-state index >= 15 is 0 Å². The van der Waals surface area contributed by atoms with Gasteiger partial charge in [0.15, 0.2) is 0 Å². The van der Waals surface area contributed by atoms with E-state index in [0.717, 1.165) is 6.07 Å². The van der Waals surface area contributed by atoms with Crippen molar-refractivity contribution in [2.75, 3.05) is 0 Å². The Balaban J connectivity index is 1.72. The minimum Gasteiger partial charge on any atom is -0.456 e. The lowest BCUT2D eigenvalue weighted by Crippen LogP contribution is -2.41. The molecule has 5 aromatic rings. The average Bonchev–Trinajstić information content (AvgIpc) is 3.52. The van der Waals surface area contributed by atoms with Crippen molar-refractivity contribution in [2.45, 2.75) is 38.9 Å². The fourth-order valence-electron chi connectivity index (χ4n) is 3.74. The molecule has 0 radical (unpaired) electrons. The van der Waals surface area contributed by atoms with E-state index in [1.165, 1.54) is 0 Å². The first kappa shape index (κ1) is 10.9. The van der Waals surface area contributed by atoms with Gasteiger partial charge in [0.2, 0.25) is 0 Å². The molecule has 0 spiro atoms. The van der Waals surface area contributed by atoms with Crippen LogP contribution in [0.1, 0.15) is 46.9 Å². The standard InChI is InChI=1S/C30H27BO3/c1-29(2)30(3,4)34-31(33-29)22-15-16-25-26-18-21(14-17-27(26)32-28(25)19-22)24-13-9-8-12-23(24)20-10-6-5-7-11-20/h5-19H,1-4H3/i5D,6D,7D,8D,9D,10D,11D,12D,13D,15D,16D,17D,18D,19D. The van der Waals surface area contributed by atoms with Crippen LogP contribution in [0.15, 0.2) is 95.1 Å². The predicted octanol–water partition coefficient (Wildman–Crippen LogP) is 7.22. The third kappa shape index (κ3) is 3.37. The molecule has 3 nitrogen and oxygen atoms in total. The number of hydrogen-bond acceptors (Lipinski definition) is 3. The third-order valence-electron chi connectivity index (χ3n) is 6.28. The molecule has 6 rings (SSSR count). The zero-order chi connectivity index (χ0) is 35.7. The SMILES string of the molecule is [2H]c1c([2H])c([2H])c(-c2c([2H])c([2H])c([2H])c([2H])c2-c2cc([2H])c3oc4c([2H])c(B5OC(C)(C)C(C)(C)O5)c([2H])c([2H])c4c3c2[2H])c([2H])c1[2H]. The van der Waals surface area contributed by atoms with Gasteiger partial charge in [-0.1, -0.05) is 72.5 Å². The summed E-state index contributed by atoms with van der Waals surface area (Å²) in [6.07, 6.45) is 0. The molecule has 0 amide bonds. The maximum atomic E-state index is 9.26. The van der Waals surface area contributed by atoms with Crippen LogP contribution < -0.4 is 5.46 Å². The highest BCUT2D eigenvalue weighted by Crippen LogP contribution is 2.38. The average molecular weight is 460 g/mol. The summed E-state index contributed by atoms with van der Waals surface area (Å²) in [5, 5.41) is -0.342. The topological polar surface area (TPSA) is 31.6 Å². The van der Waals surface area contributed by atoms with E-state index in [0.29, 0.717) is 0 Å². The van der Waals surface area contributed by atoms with E-state index in [4.69, 9.17) is 31.5 Å². The molecule has 2 heterocycles. The smallest absolute Gasteiger partial charge is 0.456 e. The summed E-state index contributed by atoms with van der Waals surface area (Å²) in [5.41, 5.74) is -3.88. The molecule has 0 N–H and O–H groups in total. The molecule has 1 fully saturated rings. The lowest BCUT2D eigenvalue weighted by molar-refractivity contribution is 0.00578. The van der Waals surface area contributed by atoms with Gasteiger partial charge in [-0.25, -0.2) is 0 Å². The minimum absolute atomic E-state index is 0.0795. The van der Waals surface area contributed by atoms with Gasteiger partial charge in [0.1, 0.15) is 11.2 Å². The van der Waals surface area contributed by atoms with Gasteiger partial charge in [-0.2, -0.15) is 0 Å². The second kappa shape index (κ2) is 7.59. The van der Waals surface area contributed by atoms with E-state index in [1.54, 1.807) is 27.7 Å². The molecular formula is C30H27BO3. The molecule has 0 atom stereocenters. The zero-order valence-electron chi connectivity index (χ0n) is 32.9. The lowest BCUT2D eigenvalue weighted by Gasteiger charge is -2.32. The maximum Gasteiger partial charge on any atom is 0.494 e. The van der Waals surface area contributed by atoms with Gasteiger partial charge in [-0.05, 0) is 73.5 Å². The van der Waals surface area contributed by atoms with Crippen LogP contribution in [0.3, 0.4) is 0 Å². The van der Waals surface area contributed by atoms with Gasteiger partial charge in [0, 0.05) is 10.8 Å². The first-order chi connectivity index (χ1) is 22.2. The van der Waals surface area contributed by atoms with E-state index in [2.05, 4.69) is 0 Å². The third-order valence-corrected chi connectivity index (χ3v) is 6.28. The molecular weight excluding hydrogens is 419 g/mol. The maximum absolute atomic E-state index is 9.26. The van der Waals surface area contributed by atoms with Gasteiger partial charge in [-0.3, -0.25) is 0 Å². The molecule has 1 aromatic heterocycles. The highest BCUT2D eigenvalue weighted by molar-refractivity contribution is 6.62. The quantitative estimate of drug-likeness (QED) is 0.267. The van der Waals surface area contributed by atoms with E-state index in [9.17, 15) is 1.37 Å². The molecule has 1 aliphatic heterocycles. The fourth-order valence-corrected chi connectivity index (χ4v) is 3.74. The molecule has 168 valence electrons. The largest absolute Gasteiger partial charge is 0.494 e. The van der Waals surface area contributed by atoms with Crippen LogP contribution in [0.2, 0.25) is 0 Å². The van der Waals surface area contributed by atoms with Gasteiger partial charge in [0.25, 0.3) is 0 Å². The van der Waals surface area contributed by atoms with E-state index < -0.39 is 114 Å². The summed E-state index contributed by atoms with van der Waals surface area (Å²) in [4.78, 5) is 0. The van der Waals surface area contributed by atoms with Crippen LogP contribution in [-0.2, 0) is 9.31 Å². The Morgan fingerprint density at radius 3 is 2.00 bits per heavy atom. The summed E-state index contributed by atoms with van der Waals surface area (Å²) in [7, 11) is -1.20. The molecule has 34 heavy (non-hydrogen) atoms. The molecule has 0 aliphatic carbocycles. The molecule has 0 bridgehead atoms. The van der Waals surface area contributed by atoms with Crippen LogP contribution >= 0.6 is 0 Å². The molecule has 1 aliphatic rings. The Morgan fingerprint density at radius 2 is 1.29 bits per heavy atom. The van der Waals surface area contributed by atoms with E-state index in [1.807, 2.05) is 0 Å². The van der Waals surface area contributed by atoms with Crippen molar-refractivity contribution >= 4 is 34.5 Å². The number of furan rings is 1. The van der Waals surface area contributed by atoms with Crippen molar-refractivity contribution in [1.29, 1.82) is 0 Å². The summed E-state index contributed by atoms with van der Waals surface area (Å²) in [6, 6.07) is -7.63. The van der Waals surface area contributed by atoms with Crippen LogP contribution in [0.4, 0.5) is 0 Å². The van der Waals surface area contributed by atoms with Crippen LogP contribution in [0, 0.1) is 0 Å². The Kier molecular flexibility index (Phi) is 2.44. The van der Waals surface area contributed by atoms with Crippen LogP contribution in [0.5, 0.6) is 0 Å². The first-order valence-corrected chi connectivity index (χ1v) is 10.7. The van der Waals surface area contributed by atoms with Crippen molar-refractivity contribution in [2.24, 2.45) is 0 Å². The van der Waals surface area contributed by atoms with Crippen LogP contribution in [0.25, 0.3) is 44.2 Å². The zero-order valence-corrected chi connectivity index (χ0v) is 18.9. The van der Waals surface area contributed by atoms with E-state index in [-0.39, 0.29) is 39.0 Å². The summed E-state index contributed by atoms with van der Waals surface area (Å²) in [5.74, 6) is 0. The first-order valence-electron chi connectivity index (χ1n) is 17.7. The second-order valence-corrected chi connectivity index (χ2v) is 8.96. The number of hydrogen-bond donors (Lipinski definition) is 0. The van der Waals surface area contributed by atoms with Crippen molar-refractivity contribution < 1.29 is 32.9 Å². The Labute approximate surface area is 220 Å². The van der Waals surface area contributed by atoms with Gasteiger partial charge in [-0.15, -0.1) is 0 Å². The van der Waals surface area contributed by atoms with Crippen molar-refractivity contribution in [3.63, 3.8) is 0 Å². The number of rotatable bonds is 3. The molecule has 0 unspecified atom stereocenters. The second-order valence-electron chi connectivity index (χ2n) is 8.96. The fraction of sp³-hybridized carbons (Fsp3) is 0.200. The summed E-state index contributed by atoms with van der Waals surface area (Å²) < 4.78 is 139. The number of fused-ring (bicyclic) bond motifs is 3. The van der Waals surface area contributed by atoms with Gasteiger partial charge in [0.05, 0.1) is 30.4 Å². The monoisotopic (exact) mass is 460 g/mol. The normalized spacial score (nSPS) is 22.8. The van der Waals surface area contributed by atoms with Gasteiger partial charge >= 0.3 is 7.12 Å². The van der Waals surface area contributed by atoms with Crippen molar-refractivity contribution in [3.8, 4) is 22.3 Å². The summed E-state index contributed by atoms with van der Waals surface area (Å²) in [6.45, 7) is 7.16. The highest BCUT2D eigenvalue weighted by atomic mass is 16.7.